The summed E-state index contributed by atoms with van der Waals surface area (Å²) in [5, 5.41) is 9.06. The van der Waals surface area contributed by atoms with E-state index < -0.39 is 0 Å². The van der Waals surface area contributed by atoms with Crippen LogP contribution in [0.2, 0.25) is 0 Å². The van der Waals surface area contributed by atoms with E-state index >= 15 is 0 Å². The summed E-state index contributed by atoms with van der Waals surface area (Å²) in [5.41, 5.74) is 5.72. The molecule has 1 aromatic rings. The average molecular weight is 220 g/mol. The predicted octanol–water partition coefficient (Wildman–Crippen LogP) is 3.56. The molecule has 1 aromatic carbocycles. The lowest BCUT2D eigenvalue weighted by Gasteiger charge is -2.26. The zero-order valence-electron chi connectivity index (χ0n) is 11.2. The largest absolute Gasteiger partial charge is 0.396 e. The van der Waals surface area contributed by atoms with Crippen LogP contribution in [-0.4, -0.2) is 11.7 Å². The standard InChI is InChI=1S/C15H24O/c1-11-8-12(2)14(13(3)9-11)10-15(4,5)6-7-16/h8-9,16H,6-7,10H2,1-5H3. The minimum absolute atomic E-state index is 0.180. The summed E-state index contributed by atoms with van der Waals surface area (Å²) in [6.07, 6.45) is 1.91. The van der Waals surface area contributed by atoms with E-state index in [1.54, 1.807) is 0 Å². The molecule has 1 N–H and O–H groups in total. The number of hydrogen-bond donors (Lipinski definition) is 1. The number of aliphatic hydroxyl groups excluding tert-OH is 1. The van der Waals surface area contributed by atoms with Crippen LogP contribution >= 0.6 is 0 Å². The smallest absolute Gasteiger partial charge is 0.0436 e. The van der Waals surface area contributed by atoms with Crippen molar-refractivity contribution in [1.82, 2.24) is 0 Å². The molecule has 0 aliphatic heterocycles. The summed E-state index contributed by atoms with van der Waals surface area (Å²) in [4.78, 5) is 0. The highest BCUT2D eigenvalue weighted by molar-refractivity contribution is 5.38. The number of aryl methyl sites for hydroxylation is 3. The Labute approximate surface area is 99.5 Å². The Morgan fingerprint density at radius 1 is 1.06 bits per heavy atom. The lowest BCUT2D eigenvalue weighted by atomic mass is 9.80. The Morgan fingerprint density at radius 3 is 2.00 bits per heavy atom. The molecule has 0 atom stereocenters. The third-order valence-corrected chi connectivity index (χ3v) is 3.28. The maximum Gasteiger partial charge on any atom is 0.0436 e. The summed E-state index contributed by atoms with van der Waals surface area (Å²) in [5.74, 6) is 0. The summed E-state index contributed by atoms with van der Waals surface area (Å²) in [6.45, 7) is 11.2. The van der Waals surface area contributed by atoms with Crippen molar-refractivity contribution in [2.75, 3.05) is 6.61 Å². The van der Waals surface area contributed by atoms with Crippen molar-refractivity contribution in [2.45, 2.75) is 47.5 Å². The fourth-order valence-electron chi connectivity index (χ4n) is 2.36. The summed E-state index contributed by atoms with van der Waals surface area (Å²) < 4.78 is 0. The maximum absolute atomic E-state index is 9.06. The van der Waals surface area contributed by atoms with Gasteiger partial charge in [-0.05, 0) is 55.7 Å². The monoisotopic (exact) mass is 220 g/mol. The van der Waals surface area contributed by atoms with Crippen LogP contribution in [0.25, 0.3) is 0 Å². The molecule has 0 amide bonds. The van der Waals surface area contributed by atoms with Gasteiger partial charge in [0.15, 0.2) is 0 Å². The first kappa shape index (κ1) is 13.2. The molecule has 90 valence electrons. The molecule has 0 aliphatic carbocycles. The van der Waals surface area contributed by atoms with Gasteiger partial charge in [0, 0.05) is 6.61 Å². The van der Waals surface area contributed by atoms with Crippen molar-refractivity contribution in [3.63, 3.8) is 0 Å². The van der Waals surface area contributed by atoms with Crippen molar-refractivity contribution in [1.29, 1.82) is 0 Å². The van der Waals surface area contributed by atoms with E-state index in [-0.39, 0.29) is 12.0 Å². The van der Waals surface area contributed by atoms with Gasteiger partial charge in [-0.15, -0.1) is 0 Å². The second-order valence-electron chi connectivity index (χ2n) is 5.69. The molecule has 0 aliphatic rings. The zero-order valence-corrected chi connectivity index (χ0v) is 11.2. The predicted molar refractivity (Wildman–Crippen MR) is 69.8 cm³/mol. The van der Waals surface area contributed by atoms with Gasteiger partial charge in [-0.25, -0.2) is 0 Å². The minimum Gasteiger partial charge on any atom is -0.396 e. The van der Waals surface area contributed by atoms with Crippen molar-refractivity contribution in [3.05, 3.63) is 34.4 Å². The number of hydrogen-bond acceptors (Lipinski definition) is 1. The van der Waals surface area contributed by atoms with Crippen molar-refractivity contribution in [3.8, 4) is 0 Å². The van der Waals surface area contributed by atoms with Crippen LogP contribution in [0.3, 0.4) is 0 Å². The van der Waals surface area contributed by atoms with E-state index in [2.05, 4.69) is 46.8 Å². The zero-order chi connectivity index (χ0) is 12.3. The molecule has 0 radical (unpaired) electrons. The molecular weight excluding hydrogens is 196 g/mol. The van der Waals surface area contributed by atoms with Gasteiger partial charge in [-0.2, -0.15) is 0 Å². The maximum atomic E-state index is 9.06. The Bertz CT molecular complexity index is 341. The van der Waals surface area contributed by atoms with Crippen LogP contribution < -0.4 is 0 Å². The average Bonchev–Trinajstić information content (AvgIpc) is 2.11. The van der Waals surface area contributed by atoms with E-state index in [0.717, 1.165) is 12.8 Å². The normalized spacial score (nSPS) is 11.9. The van der Waals surface area contributed by atoms with Gasteiger partial charge in [-0.3, -0.25) is 0 Å². The molecular formula is C15H24O. The first-order valence-electron chi connectivity index (χ1n) is 6.03. The molecule has 16 heavy (non-hydrogen) atoms. The highest BCUT2D eigenvalue weighted by Crippen LogP contribution is 2.29. The van der Waals surface area contributed by atoms with E-state index in [4.69, 9.17) is 5.11 Å². The van der Waals surface area contributed by atoms with Gasteiger partial charge in [0.2, 0.25) is 0 Å². The Balaban J connectivity index is 2.97. The molecule has 1 rings (SSSR count). The first-order valence-corrected chi connectivity index (χ1v) is 6.03. The second kappa shape index (κ2) is 5.01. The van der Waals surface area contributed by atoms with Crippen molar-refractivity contribution in [2.24, 2.45) is 5.41 Å². The molecule has 0 bridgehead atoms. The Kier molecular flexibility index (Phi) is 4.15. The molecule has 0 fully saturated rings. The van der Waals surface area contributed by atoms with Crippen LogP contribution in [0.1, 0.15) is 42.5 Å². The van der Waals surface area contributed by atoms with Crippen LogP contribution in [0.4, 0.5) is 0 Å². The molecule has 1 heteroatoms. The van der Waals surface area contributed by atoms with Crippen molar-refractivity contribution >= 4 is 0 Å². The Morgan fingerprint density at radius 2 is 1.56 bits per heavy atom. The van der Waals surface area contributed by atoms with Gasteiger partial charge in [0.1, 0.15) is 0 Å². The lowest BCUT2D eigenvalue weighted by molar-refractivity contribution is 0.210. The Hall–Kier alpha value is -0.820. The van der Waals surface area contributed by atoms with Gasteiger partial charge < -0.3 is 5.11 Å². The quantitative estimate of drug-likeness (QED) is 0.822. The fraction of sp³-hybridized carbons (Fsp3) is 0.600. The van der Waals surface area contributed by atoms with Crippen LogP contribution in [0.15, 0.2) is 12.1 Å². The molecule has 0 spiro atoms. The number of aliphatic hydroxyl groups is 1. The van der Waals surface area contributed by atoms with Gasteiger partial charge in [0.05, 0.1) is 0 Å². The number of benzene rings is 1. The molecule has 0 saturated heterocycles. The topological polar surface area (TPSA) is 20.2 Å². The fourth-order valence-corrected chi connectivity index (χ4v) is 2.36. The molecule has 0 heterocycles. The van der Waals surface area contributed by atoms with Gasteiger partial charge in [0.25, 0.3) is 0 Å². The summed E-state index contributed by atoms with van der Waals surface area (Å²) in [7, 11) is 0. The van der Waals surface area contributed by atoms with Crippen LogP contribution in [0.5, 0.6) is 0 Å². The second-order valence-corrected chi connectivity index (χ2v) is 5.69. The van der Waals surface area contributed by atoms with E-state index in [1.807, 2.05) is 0 Å². The SMILES string of the molecule is Cc1cc(C)c(CC(C)(C)CCO)c(C)c1. The summed E-state index contributed by atoms with van der Waals surface area (Å²) in [6, 6.07) is 4.49. The minimum atomic E-state index is 0.180. The highest BCUT2D eigenvalue weighted by Gasteiger charge is 2.19. The van der Waals surface area contributed by atoms with Crippen molar-refractivity contribution < 1.29 is 5.11 Å². The first-order chi connectivity index (χ1) is 7.35. The van der Waals surface area contributed by atoms with Gasteiger partial charge >= 0.3 is 0 Å². The third kappa shape index (κ3) is 3.34. The lowest BCUT2D eigenvalue weighted by Crippen LogP contribution is -2.18. The van der Waals surface area contributed by atoms with Crippen LogP contribution in [-0.2, 0) is 6.42 Å². The van der Waals surface area contributed by atoms with Crippen LogP contribution in [0, 0.1) is 26.2 Å². The summed E-state index contributed by atoms with van der Waals surface area (Å²) >= 11 is 0. The molecule has 1 nitrogen and oxygen atoms in total. The highest BCUT2D eigenvalue weighted by atomic mass is 16.3. The van der Waals surface area contributed by atoms with E-state index in [1.165, 1.54) is 22.3 Å². The molecule has 0 aromatic heterocycles. The van der Waals surface area contributed by atoms with E-state index in [9.17, 15) is 0 Å². The molecule has 0 saturated carbocycles. The van der Waals surface area contributed by atoms with E-state index in [0.29, 0.717) is 0 Å². The number of rotatable bonds is 4. The molecule has 0 unspecified atom stereocenters. The third-order valence-electron chi connectivity index (χ3n) is 3.28. The van der Waals surface area contributed by atoms with Gasteiger partial charge in [-0.1, -0.05) is 31.5 Å².